The molecule has 2 aliphatic rings. The first-order chi connectivity index (χ1) is 20.1. The van der Waals surface area contributed by atoms with Crippen LogP contribution in [0.25, 0.3) is 21.8 Å². The van der Waals surface area contributed by atoms with Crippen LogP contribution in [0.4, 0.5) is 0 Å². The zero-order valence-corrected chi connectivity index (χ0v) is 24.9. The van der Waals surface area contributed by atoms with E-state index in [1.54, 1.807) is 0 Å². The highest BCUT2D eigenvalue weighted by atomic mass is 16.1. The predicted octanol–water partition coefficient (Wildman–Crippen LogP) is 6.73. The molecule has 3 heterocycles. The molecule has 0 bridgehead atoms. The summed E-state index contributed by atoms with van der Waals surface area (Å²) in [5.41, 5.74) is 6.20. The number of fused-ring (bicyclic) bond motifs is 3. The van der Waals surface area contributed by atoms with Crippen molar-refractivity contribution in [2.24, 2.45) is 11.8 Å². The van der Waals surface area contributed by atoms with Crippen molar-refractivity contribution in [3.63, 3.8) is 0 Å². The summed E-state index contributed by atoms with van der Waals surface area (Å²) in [6.07, 6.45) is 6.17. The third-order valence-corrected chi connectivity index (χ3v) is 9.46. The SMILES string of the molecule is CCn1c2ccccc2c2cc(CN3CCC(Cc4ccc(C(=O)NCCN5CCCC(C)C5)cc4)CC3)ccc21. The topological polar surface area (TPSA) is 40.5 Å². The average Bonchev–Trinajstić information content (AvgIpc) is 3.31. The summed E-state index contributed by atoms with van der Waals surface area (Å²) in [6.45, 7) is 12.9. The molecule has 3 aromatic carbocycles. The molecule has 1 aromatic heterocycles. The molecule has 5 nitrogen and oxygen atoms in total. The first-order valence-electron chi connectivity index (χ1n) is 15.9. The summed E-state index contributed by atoms with van der Waals surface area (Å²) in [6, 6.07) is 24.2. The molecule has 216 valence electrons. The van der Waals surface area contributed by atoms with Gasteiger partial charge in [-0.25, -0.2) is 0 Å². The highest BCUT2D eigenvalue weighted by Gasteiger charge is 2.21. The molecular weight excluding hydrogens is 504 g/mol. The summed E-state index contributed by atoms with van der Waals surface area (Å²) >= 11 is 0. The minimum Gasteiger partial charge on any atom is -0.351 e. The zero-order chi connectivity index (χ0) is 28.2. The number of aromatic nitrogens is 1. The second-order valence-electron chi connectivity index (χ2n) is 12.5. The van der Waals surface area contributed by atoms with E-state index in [4.69, 9.17) is 0 Å². The van der Waals surface area contributed by atoms with Crippen LogP contribution in [-0.2, 0) is 19.5 Å². The van der Waals surface area contributed by atoms with Gasteiger partial charge in [0.2, 0.25) is 0 Å². The largest absolute Gasteiger partial charge is 0.351 e. The van der Waals surface area contributed by atoms with Crippen LogP contribution in [0, 0.1) is 11.8 Å². The van der Waals surface area contributed by atoms with Crippen molar-refractivity contribution in [1.82, 2.24) is 19.7 Å². The number of carbonyl (C=O) groups is 1. The van der Waals surface area contributed by atoms with Crippen molar-refractivity contribution >= 4 is 27.7 Å². The Bertz CT molecular complexity index is 1460. The maximum atomic E-state index is 12.7. The molecule has 0 radical (unpaired) electrons. The molecule has 4 aromatic rings. The van der Waals surface area contributed by atoms with Crippen molar-refractivity contribution in [3.05, 3.63) is 83.4 Å². The number of hydrogen-bond donors (Lipinski definition) is 1. The molecule has 2 aliphatic heterocycles. The summed E-state index contributed by atoms with van der Waals surface area (Å²) < 4.78 is 2.43. The van der Waals surface area contributed by atoms with E-state index in [-0.39, 0.29) is 5.91 Å². The van der Waals surface area contributed by atoms with Crippen LogP contribution < -0.4 is 5.32 Å². The van der Waals surface area contributed by atoms with Gasteiger partial charge in [0.15, 0.2) is 0 Å². The number of para-hydroxylation sites is 1. The second kappa shape index (κ2) is 12.8. The van der Waals surface area contributed by atoms with E-state index in [9.17, 15) is 4.79 Å². The number of carbonyl (C=O) groups excluding carboxylic acids is 1. The van der Waals surface area contributed by atoms with Crippen LogP contribution in [-0.4, -0.2) is 59.5 Å². The van der Waals surface area contributed by atoms with Gasteiger partial charge >= 0.3 is 0 Å². The smallest absolute Gasteiger partial charge is 0.251 e. The van der Waals surface area contributed by atoms with Crippen LogP contribution in [0.5, 0.6) is 0 Å². The average molecular weight is 551 g/mol. The van der Waals surface area contributed by atoms with E-state index in [1.165, 1.54) is 58.6 Å². The van der Waals surface area contributed by atoms with Crippen molar-refractivity contribution in [2.75, 3.05) is 39.3 Å². The molecule has 1 unspecified atom stereocenters. The highest BCUT2D eigenvalue weighted by molar-refractivity contribution is 6.08. The van der Waals surface area contributed by atoms with Gasteiger partial charge in [0.1, 0.15) is 0 Å². The van der Waals surface area contributed by atoms with Gasteiger partial charge in [0.25, 0.3) is 5.91 Å². The zero-order valence-electron chi connectivity index (χ0n) is 24.9. The van der Waals surface area contributed by atoms with Crippen molar-refractivity contribution in [2.45, 2.75) is 59.0 Å². The van der Waals surface area contributed by atoms with E-state index < -0.39 is 0 Å². The summed E-state index contributed by atoms with van der Waals surface area (Å²) in [7, 11) is 0. The standard InChI is InChI=1S/C36H46N4O/c1-3-40-34-9-5-4-8-32(34)33-24-30(12-15-35(33)40)26-39-20-16-29(17-21-39)23-28-10-13-31(14-11-28)36(41)37-18-22-38-19-6-7-27(2)25-38/h4-5,8-15,24,27,29H,3,6-7,16-23,25-26H2,1-2H3,(H,37,41). The van der Waals surface area contributed by atoms with Gasteiger partial charge in [0, 0.05) is 60.1 Å². The Hall–Kier alpha value is -3.15. The Morgan fingerprint density at radius 1 is 0.854 bits per heavy atom. The fourth-order valence-corrected chi connectivity index (χ4v) is 7.19. The number of rotatable bonds is 9. The normalized spacial score (nSPS) is 19.2. The summed E-state index contributed by atoms with van der Waals surface area (Å²) in [4.78, 5) is 17.8. The quantitative estimate of drug-likeness (QED) is 0.251. The second-order valence-corrected chi connectivity index (χ2v) is 12.5. The number of piperidine rings is 2. The molecule has 6 rings (SSSR count). The first-order valence-corrected chi connectivity index (χ1v) is 15.9. The molecule has 0 aliphatic carbocycles. The van der Waals surface area contributed by atoms with Gasteiger partial charge in [-0.3, -0.25) is 9.69 Å². The van der Waals surface area contributed by atoms with Gasteiger partial charge in [-0.05, 0) is 112 Å². The maximum Gasteiger partial charge on any atom is 0.251 e. The molecule has 0 spiro atoms. The van der Waals surface area contributed by atoms with Gasteiger partial charge in [-0.15, -0.1) is 0 Å². The Kier molecular flexibility index (Phi) is 8.73. The lowest BCUT2D eigenvalue weighted by atomic mass is 9.89. The number of nitrogens with zero attached hydrogens (tertiary/aromatic N) is 3. The third-order valence-electron chi connectivity index (χ3n) is 9.46. The lowest BCUT2D eigenvalue weighted by molar-refractivity contribution is 0.0944. The monoisotopic (exact) mass is 550 g/mol. The van der Waals surface area contributed by atoms with Crippen LogP contribution in [0.15, 0.2) is 66.7 Å². The summed E-state index contributed by atoms with van der Waals surface area (Å²) in [5.74, 6) is 1.53. The number of likely N-dealkylation sites (tertiary alicyclic amines) is 2. The molecule has 2 fully saturated rings. The van der Waals surface area contributed by atoms with E-state index >= 15 is 0 Å². The highest BCUT2D eigenvalue weighted by Crippen LogP contribution is 2.31. The fourth-order valence-electron chi connectivity index (χ4n) is 7.19. The molecule has 5 heteroatoms. The minimum atomic E-state index is 0.0485. The molecule has 41 heavy (non-hydrogen) atoms. The van der Waals surface area contributed by atoms with Crippen LogP contribution >= 0.6 is 0 Å². The van der Waals surface area contributed by atoms with E-state index in [2.05, 4.69) is 88.1 Å². The Labute approximate surface area is 245 Å². The summed E-state index contributed by atoms with van der Waals surface area (Å²) in [5, 5.41) is 5.86. The number of hydrogen-bond acceptors (Lipinski definition) is 3. The molecule has 2 saturated heterocycles. The van der Waals surface area contributed by atoms with E-state index in [0.717, 1.165) is 70.3 Å². The lowest BCUT2D eigenvalue weighted by Gasteiger charge is -2.32. The van der Waals surface area contributed by atoms with Gasteiger partial charge in [-0.2, -0.15) is 0 Å². The molecule has 1 N–H and O–H groups in total. The number of benzene rings is 3. The van der Waals surface area contributed by atoms with Crippen molar-refractivity contribution in [1.29, 1.82) is 0 Å². The van der Waals surface area contributed by atoms with Crippen molar-refractivity contribution in [3.8, 4) is 0 Å². The minimum absolute atomic E-state index is 0.0485. The van der Waals surface area contributed by atoms with Gasteiger partial charge < -0.3 is 14.8 Å². The Balaban J connectivity index is 0.973. The molecule has 1 amide bonds. The number of amides is 1. The van der Waals surface area contributed by atoms with E-state index in [0.29, 0.717) is 5.92 Å². The van der Waals surface area contributed by atoms with E-state index in [1.807, 2.05) is 12.1 Å². The molecule has 0 saturated carbocycles. The molecule has 1 atom stereocenters. The Morgan fingerprint density at radius 2 is 1.61 bits per heavy atom. The van der Waals surface area contributed by atoms with Crippen LogP contribution in [0.3, 0.4) is 0 Å². The number of nitrogens with one attached hydrogen (secondary N) is 1. The predicted molar refractivity (Wildman–Crippen MR) is 170 cm³/mol. The van der Waals surface area contributed by atoms with Gasteiger partial charge in [-0.1, -0.05) is 43.3 Å². The van der Waals surface area contributed by atoms with Crippen LogP contribution in [0.1, 0.15) is 61.0 Å². The van der Waals surface area contributed by atoms with Gasteiger partial charge in [0.05, 0.1) is 0 Å². The fraction of sp³-hybridized carbons (Fsp3) is 0.472. The lowest BCUT2D eigenvalue weighted by Crippen LogP contribution is -2.40. The molecular formula is C36H46N4O. The van der Waals surface area contributed by atoms with Crippen molar-refractivity contribution < 1.29 is 4.79 Å². The van der Waals surface area contributed by atoms with Crippen LogP contribution in [0.2, 0.25) is 0 Å². The Morgan fingerprint density at radius 3 is 2.39 bits per heavy atom. The third kappa shape index (κ3) is 6.52. The number of aryl methyl sites for hydroxylation is 1. The maximum absolute atomic E-state index is 12.7. The first kappa shape index (κ1) is 28.0.